The van der Waals surface area contributed by atoms with Gasteiger partial charge in [-0.05, 0) is 25.0 Å². The number of hydrogen-bond acceptors (Lipinski definition) is 4. The van der Waals surface area contributed by atoms with E-state index in [1.807, 2.05) is 30.3 Å². The van der Waals surface area contributed by atoms with Crippen LogP contribution < -0.4 is 0 Å². The SMILES string of the molecule is C=C/C(=C(/C)C(=O)OOC(=O)C(=C)C)c1ccccc1. The fraction of sp³-hybridized carbons (Fsp3) is 0.125. The molecule has 0 aliphatic carbocycles. The summed E-state index contributed by atoms with van der Waals surface area (Å²) in [6.07, 6.45) is 1.55. The quantitative estimate of drug-likeness (QED) is 0.365. The van der Waals surface area contributed by atoms with Crippen LogP contribution >= 0.6 is 0 Å². The van der Waals surface area contributed by atoms with Crippen molar-refractivity contribution in [2.75, 3.05) is 0 Å². The summed E-state index contributed by atoms with van der Waals surface area (Å²) in [5.41, 5.74) is 1.87. The first-order valence-electron chi connectivity index (χ1n) is 5.94. The lowest BCUT2D eigenvalue weighted by atomic mass is 10.0. The van der Waals surface area contributed by atoms with Gasteiger partial charge in [0.2, 0.25) is 0 Å². The summed E-state index contributed by atoms with van der Waals surface area (Å²) < 4.78 is 0. The van der Waals surface area contributed by atoms with Crippen molar-refractivity contribution in [3.05, 3.63) is 66.3 Å². The largest absolute Gasteiger partial charge is 0.382 e. The Labute approximate surface area is 117 Å². The first kappa shape index (κ1) is 15.4. The zero-order valence-electron chi connectivity index (χ0n) is 11.5. The molecule has 0 aliphatic rings. The Hall–Kier alpha value is -2.62. The number of carbonyl (C=O) groups is 2. The molecule has 0 aromatic heterocycles. The highest BCUT2D eigenvalue weighted by molar-refractivity contribution is 5.99. The summed E-state index contributed by atoms with van der Waals surface area (Å²) in [6, 6.07) is 9.24. The summed E-state index contributed by atoms with van der Waals surface area (Å²) in [6.45, 7) is 10.1. The molecule has 0 unspecified atom stereocenters. The van der Waals surface area contributed by atoms with Gasteiger partial charge in [0.15, 0.2) is 0 Å². The van der Waals surface area contributed by atoms with Crippen molar-refractivity contribution in [3.63, 3.8) is 0 Å². The molecule has 0 radical (unpaired) electrons. The maximum Gasteiger partial charge on any atom is 0.382 e. The number of hydrogen-bond donors (Lipinski definition) is 0. The maximum atomic E-state index is 11.8. The molecule has 0 spiro atoms. The first-order valence-corrected chi connectivity index (χ1v) is 5.94. The highest BCUT2D eigenvalue weighted by Gasteiger charge is 2.15. The van der Waals surface area contributed by atoms with Crippen molar-refractivity contribution < 1.29 is 19.4 Å². The van der Waals surface area contributed by atoms with Crippen molar-refractivity contribution in [1.82, 2.24) is 0 Å². The Morgan fingerprint density at radius 1 is 1.05 bits per heavy atom. The molecule has 0 amide bonds. The molecule has 1 aromatic carbocycles. The van der Waals surface area contributed by atoms with Crippen LogP contribution in [0.2, 0.25) is 0 Å². The van der Waals surface area contributed by atoms with E-state index in [0.717, 1.165) is 5.56 Å². The summed E-state index contributed by atoms with van der Waals surface area (Å²) in [4.78, 5) is 31.8. The zero-order valence-corrected chi connectivity index (χ0v) is 11.5. The van der Waals surface area contributed by atoms with Gasteiger partial charge in [-0.2, -0.15) is 0 Å². The van der Waals surface area contributed by atoms with Gasteiger partial charge in [-0.25, -0.2) is 19.4 Å². The molecule has 104 valence electrons. The van der Waals surface area contributed by atoms with E-state index in [2.05, 4.69) is 22.9 Å². The van der Waals surface area contributed by atoms with Gasteiger partial charge < -0.3 is 0 Å². The van der Waals surface area contributed by atoms with E-state index >= 15 is 0 Å². The third kappa shape index (κ3) is 3.95. The van der Waals surface area contributed by atoms with Gasteiger partial charge in [0, 0.05) is 11.1 Å². The number of benzene rings is 1. The molecule has 0 aliphatic heterocycles. The molecule has 0 atom stereocenters. The van der Waals surface area contributed by atoms with Crippen LogP contribution in [0.1, 0.15) is 19.4 Å². The van der Waals surface area contributed by atoms with E-state index in [4.69, 9.17) is 0 Å². The molecule has 0 saturated heterocycles. The van der Waals surface area contributed by atoms with Crippen LogP contribution in [-0.2, 0) is 19.4 Å². The molecule has 4 nitrogen and oxygen atoms in total. The lowest BCUT2D eigenvalue weighted by molar-refractivity contribution is -0.252. The third-order valence-electron chi connectivity index (χ3n) is 2.54. The summed E-state index contributed by atoms with van der Waals surface area (Å²) in [5.74, 6) is -1.54. The van der Waals surface area contributed by atoms with Gasteiger partial charge in [-0.3, -0.25) is 0 Å². The normalized spacial score (nSPS) is 11.1. The lowest BCUT2D eigenvalue weighted by Crippen LogP contribution is -2.13. The molecule has 0 N–H and O–H groups in total. The first-order chi connectivity index (χ1) is 9.47. The second-order valence-corrected chi connectivity index (χ2v) is 4.13. The summed E-state index contributed by atoms with van der Waals surface area (Å²) >= 11 is 0. The van der Waals surface area contributed by atoms with Crippen LogP contribution in [0, 0.1) is 0 Å². The minimum Gasteiger partial charge on any atom is -0.242 e. The van der Waals surface area contributed by atoms with Crippen LogP contribution in [0.5, 0.6) is 0 Å². The molecule has 0 bridgehead atoms. The monoisotopic (exact) mass is 272 g/mol. The molecule has 4 heteroatoms. The fourth-order valence-corrected chi connectivity index (χ4v) is 1.42. The second-order valence-electron chi connectivity index (χ2n) is 4.13. The van der Waals surface area contributed by atoms with Crippen LogP contribution in [0.4, 0.5) is 0 Å². The maximum absolute atomic E-state index is 11.8. The average molecular weight is 272 g/mol. The minimum absolute atomic E-state index is 0.145. The average Bonchev–Trinajstić information content (AvgIpc) is 2.45. The molecule has 0 heterocycles. The van der Waals surface area contributed by atoms with Crippen molar-refractivity contribution in [1.29, 1.82) is 0 Å². The van der Waals surface area contributed by atoms with Crippen LogP contribution in [-0.4, -0.2) is 11.9 Å². The summed E-state index contributed by atoms with van der Waals surface area (Å²) in [5, 5.41) is 0. The standard InChI is InChI=1S/C16H16O4/c1-5-14(13-9-7-6-8-10-13)12(4)16(18)20-19-15(17)11(2)3/h5-10H,1-2H2,3-4H3/b14-12+. The van der Waals surface area contributed by atoms with E-state index in [1.165, 1.54) is 6.92 Å². The van der Waals surface area contributed by atoms with Gasteiger partial charge >= 0.3 is 11.9 Å². The van der Waals surface area contributed by atoms with Gasteiger partial charge in [0.05, 0.1) is 0 Å². The molecule has 1 aromatic rings. The van der Waals surface area contributed by atoms with E-state index in [9.17, 15) is 9.59 Å². The minimum atomic E-state index is -0.786. The Kier molecular flexibility index (Phi) is 5.47. The van der Waals surface area contributed by atoms with Gasteiger partial charge in [0.25, 0.3) is 0 Å². The number of rotatable bonds is 4. The van der Waals surface area contributed by atoms with Gasteiger partial charge in [-0.15, -0.1) is 0 Å². The van der Waals surface area contributed by atoms with Crippen molar-refractivity contribution in [2.24, 2.45) is 0 Å². The highest BCUT2D eigenvalue weighted by Crippen LogP contribution is 2.20. The molecule has 0 fully saturated rings. The van der Waals surface area contributed by atoms with E-state index in [1.54, 1.807) is 13.0 Å². The van der Waals surface area contributed by atoms with Crippen molar-refractivity contribution in [2.45, 2.75) is 13.8 Å². The summed E-state index contributed by atoms with van der Waals surface area (Å²) in [7, 11) is 0. The Morgan fingerprint density at radius 2 is 1.60 bits per heavy atom. The van der Waals surface area contributed by atoms with Crippen molar-refractivity contribution >= 4 is 17.5 Å². The Bertz CT molecular complexity index is 567. The lowest BCUT2D eigenvalue weighted by Gasteiger charge is -2.07. The fourth-order valence-electron chi connectivity index (χ4n) is 1.42. The molecule has 20 heavy (non-hydrogen) atoms. The molecule has 0 saturated carbocycles. The van der Waals surface area contributed by atoms with Crippen LogP contribution in [0.25, 0.3) is 5.57 Å². The van der Waals surface area contributed by atoms with E-state index in [0.29, 0.717) is 11.1 Å². The number of allylic oxidation sites excluding steroid dienone is 2. The van der Waals surface area contributed by atoms with E-state index in [-0.39, 0.29) is 5.57 Å². The smallest absolute Gasteiger partial charge is 0.242 e. The third-order valence-corrected chi connectivity index (χ3v) is 2.54. The predicted molar refractivity (Wildman–Crippen MR) is 76.2 cm³/mol. The van der Waals surface area contributed by atoms with Crippen LogP contribution in [0.3, 0.4) is 0 Å². The Balaban J connectivity index is 2.89. The zero-order chi connectivity index (χ0) is 15.1. The van der Waals surface area contributed by atoms with Crippen molar-refractivity contribution in [3.8, 4) is 0 Å². The highest BCUT2D eigenvalue weighted by atomic mass is 17.2. The molecular weight excluding hydrogens is 256 g/mol. The molecule has 1 rings (SSSR count). The number of carbonyl (C=O) groups excluding carboxylic acids is 2. The Morgan fingerprint density at radius 3 is 2.10 bits per heavy atom. The van der Waals surface area contributed by atoms with Crippen LogP contribution in [0.15, 0.2) is 60.7 Å². The topological polar surface area (TPSA) is 52.6 Å². The van der Waals surface area contributed by atoms with Gasteiger partial charge in [0.1, 0.15) is 0 Å². The van der Waals surface area contributed by atoms with Gasteiger partial charge in [-0.1, -0.05) is 49.6 Å². The van der Waals surface area contributed by atoms with E-state index < -0.39 is 11.9 Å². The molecular formula is C16H16O4. The predicted octanol–water partition coefficient (Wildman–Crippen LogP) is 3.22. The second kappa shape index (κ2) is 7.09.